The first-order valence-electron chi connectivity index (χ1n) is 54.2. The van der Waals surface area contributed by atoms with Gasteiger partial charge in [-0.3, -0.25) is 0 Å². The van der Waals surface area contributed by atoms with Crippen LogP contribution in [0.4, 0.5) is 68.2 Å². The summed E-state index contributed by atoms with van der Waals surface area (Å²) in [6, 6.07) is -51.4. The maximum atomic E-state index is 9.71. The Morgan fingerprint density at radius 3 is 1.13 bits per heavy atom. The van der Waals surface area contributed by atoms with Gasteiger partial charge in [0.15, 0.2) is 0 Å². The second-order valence-electron chi connectivity index (χ2n) is 20.1. The Morgan fingerprint density at radius 1 is 0.239 bits per heavy atom. The van der Waals surface area contributed by atoms with Crippen molar-refractivity contribution in [3.63, 3.8) is 0 Å². The Hall–Kier alpha value is -12.0. The van der Waals surface area contributed by atoms with E-state index in [0.29, 0.717) is 19.6 Å². The van der Waals surface area contributed by atoms with E-state index in [2.05, 4.69) is 0 Å². The third kappa shape index (κ3) is 7.83. The van der Waals surface area contributed by atoms with Gasteiger partial charge in [-0.25, -0.2) is 0 Å². The van der Waals surface area contributed by atoms with E-state index in [4.69, 9.17) is 54.1 Å². The molecule has 0 amide bonds. The van der Waals surface area contributed by atoms with E-state index < -0.39 is 507 Å². The van der Waals surface area contributed by atoms with Crippen LogP contribution in [0.5, 0.6) is 0 Å². The molecule has 0 saturated carbocycles. The van der Waals surface area contributed by atoms with Crippen LogP contribution in [-0.4, -0.2) is 13.4 Å². The number of hydrogen-bond acceptors (Lipinski definition) is 6. The Kier molecular flexibility index (Phi) is 4.89. The monoisotopic (exact) mass is 1230 g/mol. The number of rotatable bonds is 6. The summed E-state index contributed by atoms with van der Waals surface area (Å²) in [6.07, 6.45) is 0. The molecule has 0 spiro atoms. The lowest BCUT2D eigenvalue weighted by molar-refractivity contribution is 0.668. The maximum Gasteiger partial charge on any atom is 0.252 e. The van der Waals surface area contributed by atoms with Gasteiger partial charge in [-0.2, -0.15) is 0 Å². The van der Waals surface area contributed by atoms with Gasteiger partial charge in [0.1, 0.15) is 22.3 Å². The number of furan rings is 2. The molecule has 2 aromatic heterocycles. The Labute approximate surface area is 609 Å². The number of benzene rings is 14. The molecule has 0 fully saturated rings. The predicted octanol–water partition coefficient (Wildman–Crippen LogP) is 18.7. The molecule has 0 N–H and O–H groups in total. The average Bonchev–Trinajstić information content (AvgIpc) is 0.727. The normalized spacial score (nSPS) is 21.3. The van der Waals surface area contributed by atoms with E-state index in [1.807, 2.05) is 0 Å². The summed E-state index contributed by atoms with van der Waals surface area (Å²) in [5.74, 6) is 0. The molecular formula is C84H54B2N4O2. The lowest BCUT2D eigenvalue weighted by Gasteiger charge is -2.44. The van der Waals surface area contributed by atoms with E-state index in [1.54, 1.807) is 0 Å². The van der Waals surface area contributed by atoms with Crippen molar-refractivity contribution < 1.29 is 82.9 Å². The summed E-state index contributed by atoms with van der Waals surface area (Å²) in [4.78, 5) is 2.80. The molecule has 0 radical (unpaired) electrons. The van der Waals surface area contributed by atoms with Crippen molar-refractivity contribution >= 4 is 158 Å². The molecule has 0 unspecified atom stereocenters. The largest absolute Gasteiger partial charge is 0.456 e. The number of anilines is 12. The van der Waals surface area contributed by atoms with Crippen LogP contribution in [0.25, 0.3) is 66.1 Å². The molecule has 4 aliphatic rings. The van der Waals surface area contributed by atoms with Gasteiger partial charge in [-0.1, -0.05) is 211 Å². The van der Waals surface area contributed by atoms with Gasteiger partial charge in [0, 0.05) is 89.5 Å². The molecule has 92 heavy (non-hydrogen) atoms. The highest BCUT2D eigenvalue weighted by Crippen LogP contribution is 2.50. The summed E-state index contributed by atoms with van der Waals surface area (Å²) in [5, 5.41) is -2.02. The third-order valence-electron chi connectivity index (χ3n) is 15.6. The van der Waals surface area contributed by atoms with Crippen LogP contribution < -0.4 is 52.4 Å². The molecule has 0 aliphatic carbocycles. The van der Waals surface area contributed by atoms with Crippen molar-refractivity contribution in [2.24, 2.45) is 0 Å². The average molecular weight is 1230 g/mol. The molecule has 0 bridgehead atoms. The predicted molar refractivity (Wildman–Crippen MR) is 386 cm³/mol. The van der Waals surface area contributed by atoms with Crippen LogP contribution in [0.15, 0.2) is 335 Å². The van der Waals surface area contributed by atoms with Gasteiger partial charge >= 0.3 is 0 Å². The fourth-order valence-corrected chi connectivity index (χ4v) is 12.1. The van der Waals surface area contributed by atoms with Crippen LogP contribution in [0, 0.1) is 0 Å². The van der Waals surface area contributed by atoms with E-state index >= 15 is 0 Å². The lowest BCUT2D eigenvalue weighted by Crippen LogP contribution is -2.61. The highest BCUT2D eigenvalue weighted by atomic mass is 16.3. The number of nitrogens with zero attached hydrogens (tertiary/aromatic N) is 4. The van der Waals surface area contributed by atoms with Gasteiger partial charge in [0.05, 0.1) is 85.4 Å². The van der Waals surface area contributed by atoms with Crippen molar-refractivity contribution in [2.45, 2.75) is 0 Å². The molecule has 8 heteroatoms. The molecule has 6 nitrogen and oxygen atoms in total. The van der Waals surface area contributed by atoms with Crippen LogP contribution in [0.3, 0.4) is 0 Å². The van der Waals surface area contributed by atoms with Crippen molar-refractivity contribution in [1.82, 2.24) is 0 Å². The first kappa shape index (κ1) is 21.6. The van der Waals surface area contributed by atoms with Gasteiger partial charge < -0.3 is 28.4 Å². The van der Waals surface area contributed by atoms with Crippen molar-refractivity contribution in [2.75, 3.05) is 19.6 Å². The summed E-state index contributed by atoms with van der Waals surface area (Å²) < 4.78 is 501. The van der Waals surface area contributed by atoms with E-state index in [-0.39, 0.29) is 0 Å². The van der Waals surface area contributed by atoms with E-state index in [1.165, 1.54) is 0 Å². The highest BCUT2D eigenvalue weighted by Gasteiger charge is 2.45. The fourth-order valence-electron chi connectivity index (χ4n) is 12.1. The van der Waals surface area contributed by atoms with Gasteiger partial charge in [0.25, 0.3) is 13.4 Å². The van der Waals surface area contributed by atoms with Gasteiger partial charge in [-0.15, -0.1) is 0 Å². The van der Waals surface area contributed by atoms with E-state index in [0.717, 1.165) is 0 Å². The van der Waals surface area contributed by atoms with E-state index in [9.17, 15) is 28.8 Å². The smallest absolute Gasteiger partial charge is 0.252 e. The molecule has 6 heterocycles. The Bertz CT molecular complexity index is 8940. The Balaban J connectivity index is 0.000000184. The first-order valence-corrected chi connectivity index (χ1v) is 27.2. The molecule has 4 aliphatic heterocycles. The zero-order valence-corrected chi connectivity index (χ0v) is 45.8. The second kappa shape index (κ2) is 20.8. The maximum absolute atomic E-state index is 9.71. The standard InChI is InChI=1S/2C42H27BN2O/c1-2-14-28(15-3-1)44-35-22-9-6-19-32(35)43-33-20-7-10-23-36(33)45(38-25-13-24-37(44)42(38)43)34-21-8-4-16-29(34)30-18-12-27-40-41(30)31-17-5-11-26-39(31)46-40;1-2-13-29(14-3-1)44-36-20-9-6-17-33(36)43-34-18-7-10-21-37(34)45(39-23-12-22-38(44)42(39)43)35-19-8-4-15-30(35)28-25-26-41-32(27-28)31-16-5-11-24-40(31)46-41/h2*1-27H/i2*1D,2D,3D,4D,5D,6D,7D,8D,9D,10D,11D,12D,13D,14D,15D,16D,17D,18D,19D,20D,21D,22D,23D,24D,25D,26D,27D. The third-order valence-corrected chi connectivity index (χ3v) is 15.6. The number of para-hydroxylation sites is 10. The summed E-state index contributed by atoms with van der Waals surface area (Å²) in [6.45, 7) is -3.91. The van der Waals surface area contributed by atoms with Gasteiger partial charge in [-0.05, 0) is 159 Å². The zero-order valence-electron chi connectivity index (χ0n) is 99.8. The van der Waals surface area contributed by atoms with Crippen molar-refractivity contribution in [3.05, 3.63) is 326 Å². The molecule has 0 saturated heterocycles. The molecule has 428 valence electrons. The van der Waals surface area contributed by atoms with Crippen molar-refractivity contribution in [1.29, 1.82) is 0 Å². The summed E-state index contributed by atoms with van der Waals surface area (Å²) in [5.41, 5.74) is -18.6. The summed E-state index contributed by atoms with van der Waals surface area (Å²) in [7, 11) is 0. The molecule has 0 atom stereocenters. The van der Waals surface area contributed by atoms with Crippen molar-refractivity contribution in [3.8, 4) is 22.3 Å². The molecular weight excluding hydrogens is 1120 g/mol. The lowest BCUT2D eigenvalue weighted by atomic mass is 9.33. The SMILES string of the molecule is [2H]c1c([2H])c([2H])c(N2c3c([2H])c([2H])c([2H])c([2H])c3B3c4c([2H])c([2H])c([2H])c([2H])c4N(c4c([2H])c([2H])c([2H])c([2H])c4-c4c([2H])c([2H])c([2H])c5oc6c([2H])c([2H])c([2H])c([2H])c6c45)c4c([2H])c([2H])c([2H])c2c43)c([2H])c1[2H].[2H]c1c([2H])c([2H])c(N2c3c([2H])c([2H])c([2H])c([2H])c3B3c4c([2H])c([2H])c([2H])c([2H])c4N(c4c([2H])c([2H])c([2H])c([2H])c4-c4c([2H])c([2H])c5oc6c([2H])c([2H])c([2H])c([2H])c6c5c4[2H])c4c([2H])c([2H])c([2H])c2c43)c([2H])c1[2H]. The highest BCUT2D eigenvalue weighted by molar-refractivity contribution is 7.01. The molecule has 16 aromatic rings. The molecule has 14 aromatic carbocycles. The van der Waals surface area contributed by atoms with Crippen LogP contribution in [0.2, 0.25) is 0 Å². The summed E-state index contributed by atoms with van der Waals surface area (Å²) >= 11 is 0. The number of hydrogen-bond donors (Lipinski definition) is 0. The van der Waals surface area contributed by atoms with Crippen LogP contribution >= 0.6 is 0 Å². The van der Waals surface area contributed by atoms with Crippen LogP contribution in [-0.2, 0) is 0 Å². The topological polar surface area (TPSA) is 39.2 Å². The first-order chi connectivity index (χ1) is 68.1. The number of fused-ring (bicyclic) bond motifs is 14. The minimum absolute atomic E-state index is 0.452. The molecule has 20 rings (SSSR count). The minimum Gasteiger partial charge on any atom is -0.456 e. The Morgan fingerprint density at radius 2 is 0.587 bits per heavy atom. The van der Waals surface area contributed by atoms with Crippen LogP contribution in [0.1, 0.15) is 74.0 Å². The minimum atomic E-state index is -1.96. The zero-order chi connectivity index (χ0) is 107. The fraction of sp³-hybridized carbons (Fsp3) is 0. The second-order valence-corrected chi connectivity index (χ2v) is 20.1. The van der Waals surface area contributed by atoms with Gasteiger partial charge in [0.2, 0.25) is 0 Å². The quantitative estimate of drug-likeness (QED) is 0.155.